The number of hydrogen-bond donors (Lipinski definition) is 0. The molecular formula is C17H30O2. The van der Waals surface area contributed by atoms with Crippen LogP contribution in [0.5, 0.6) is 0 Å². The first-order valence-corrected chi connectivity index (χ1v) is 7.70. The Morgan fingerprint density at radius 1 is 0.947 bits per heavy atom. The number of carbonyl (C=O) groups is 2. The number of rotatable bonds is 5. The van der Waals surface area contributed by atoms with E-state index < -0.39 is 0 Å². The minimum Gasteiger partial charge on any atom is -0.299 e. The van der Waals surface area contributed by atoms with Crippen molar-refractivity contribution < 1.29 is 9.59 Å². The largest absolute Gasteiger partial charge is 0.299 e. The van der Waals surface area contributed by atoms with Crippen LogP contribution in [-0.4, -0.2) is 11.6 Å². The fourth-order valence-corrected chi connectivity index (χ4v) is 3.39. The van der Waals surface area contributed by atoms with Crippen molar-refractivity contribution in [3.63, 3.8) is 0 Å². The molecule has 1 aliphatic carbocycles. The van der Waals surface area contributed by atoms with E-state index in [1.807, 2.05) is 34.6 Å². The van der Waals surface area contributed by atoms with Gasteiger partial charge in [-0.2, -0.15) is 0 Å². The lowest BCUT2D eigenvalue weighted by Crippen LogP contribution is -2.38. The van der Waals surface area contributed by atoms with Gasteiger partial charge >= 0.3 is 0 Å². The molecule has 0 spiro atoms. The van der Waals surface area contributed by atoms with Gasteiger partial charge in [0.2, 0.25) is 0 Å². The summed E-state index contributed by atoms with van der Waals surface area (Å²) in [4.78, 5) is 25.3. The first-order chi connectivity index (χ1) is 8.61. The predicted molar refractivity (Wildman–Crippen MR) is 79.0 cm³/mol. The molecule has 1 aliphatic rings. The van der Waals surface area contributed by atoms with E-state index in [1.54, 1.807) is 0 Å². The Labute approximate surface area is 118 Å². The van der Waals surface area contributed by atoms with Crippen LogP contribution in [0.4, 0.5) is 0 Å². The topological polar surface area (TPSA) is 34.1 Å². The molecule has 1 rings (SSSR count). The molecule has 110 valence electrons. The van der Waals surface area contributed by atoms with Crippen molar-refractivity contribution in [3.8, 4) is 0 Å². The third-order valence-corrected chi connectivity index (χ3v) is 4.47. The van der Waals surface area contributed by atoms with Gasteiger partial charge in [-0.3, -0.25) is 9.59 Å². The van der Waals surface area contributed by atoms with Crippen molar-refractivity contribution in [1.82, 2.24) is 0 Å². The quantitative estimate of drug-likeness (QED) is 0.738. The standard InChI is InChI=1S/C17H30O2/c1-7-11-17(5,6)15(19)13-10-8-9-12(13)14(18)16(2,3)4/h12-13H,7-11H2,1-6H3. The van der Waals surface area contributed by atoms with Crippen LogP contribution in [-0.2, 0) is 9.59 Å². The van der Waals surface area contributed by atoms with Crippen LogP contribution in [0.25, 0.3) is 0 Å². The van der Waals surface area contributed by atoms with Crippen molar-refractivity contribution >= 4 is 11.6 Å². The lowest BCUT2D eigenvalue weighted by atomic mass is 9.71. The zero-order valence-corrected chi connectivity index (χ0v) is 13.5. The first-order valence-electron chi connectivity index (χ1n) is 7.70. The molecule has 2 unspecified atom stereocenters. The van der Waals surface area contributed by atoms with Gasteiger partial charge in [0, 0.05) is 22.7 Å². The lowest BCUT2D eigenvalue weighted by molar-refractivity contribution is -0.140. The van der Waals surface area contributed by atoms with Crippen LogP contribution in [0.2, 0.25) is 0 Å². The third-order valence-electron chi connectivity index (χ3n) is 4.47. The Morgan fingerprint density at radius 2 is 1.42 bits per heavy atom. The van der Waals surface area contributed by atoms with Gasteiger partial charge in [0.1, 0.15) is 11.6 Å². The molecule has 1 saturated carbocycles. The SMILES string of the molecule is CCCC(C)(C)C(=O)C1CCCC1C(=O)C(C)(C)C. The smallest absolute Gasteiger partial charge is 0.142 e. The van der Waals surface area contributed by atoms with Crippen molar-refractivity contribution in [2.75, 3.05) is 0 Å². The maximum absolute atomic E-state index is 12.7. The molecule has 0 aromatic carbocycles. The highest BCUT2D eigenvalue weighted by molar-refractivity contribution is 5.94. The van der Waals surface area contributed by atoms with Crippen molar-refractivity contribution in [1.29, 1.82) is 0 Å². The molecule has 0 aromatic rings. The Morgan fingerprint density at radius 3 is 1.84 bits per heavy atom. The summed E-state index contributed by atoms with van der Waals surface area (Å²) in [5.41, 5.74) is -0.609. The normalized spacial score (nSPS) is 24.5. The molecule has 0 aliphatic heterocycles. The molecule has 0 amide bonds. The van der Waals surface area contributed by atoms with Gasteiger partial charge < -0.3 is 0 Å². The minimum atomic E-state index is -0.331. The molecule has 1 fully saturated rings. The monoisotopic (exact) mass is 266 g/mol. The second kappa shape index (κ2) is 5.76. The van der Waals surface area contributed by atoms with Crippen molar-refractivity contribution in [2.45, 2.75) is 73.6 Å². The van der Waals surface area contributed by atoms with E-state index in [0.29, 0.717) is 5.78 Å². The second-order valence-electron chi connectivity index (χ2n) is 7.76. The summed E-state index contributed by atoms with van der Waals surface area (Å²) < 4.78 is 0. The van der Waals surface area contributed by atoms with E-state index in [-0.39, 0.29) is 28.4 Å². The molecule has 0 aromatic heterocycles. The van der Waals surface area contributed by atoms with Gasteiger partial charge in [0.25, 0.3) is 0 Å². The van der Waals surface area contributed by atoms with Gasteiger partial charge in [-0.15, -0.1) is 0 Å². The highest BCUT2D eigenvalue weighted by Gasteiger charge is 2.44. The highest BCUT2D eigenvalue weighted by atomic mass is 16.1. The molecule has 0 N–H and O–H groups in total. The molecule has 0 radical (unpaired) electrons. The Kier molecular flexibility index (Phi) is 4.97. The molecule has 0 saturated heterocycles. The van der Waals surface area contributed by atoms with Crippen LogP contribution >= 0.6 is 0 Å². The summed E-state index contributed by atoms with van der Waals surface area (Å²) in [5, 5.41) is 0. The Hall–Kier alpha value is -0.660. The summed E-state index contributed by atoms with van der Waals surface area (Å²) in [5.74, 6) is 0.516. The summed E-state index contributed by atoms with van der Waals surface area (Å²) >= 11 is 0. The number of Topliss-reactive ketones (excluding diaryl/α,β-unsaturated/α-hetero) is 2. The summed E-state index contributed by atoms with van der Waals surface area (Å²) in [7, 11) is 0. The zero-order chi connectivity index (χ0) is 14.8. The van der Waals surface area contributed by atoms with Gasteiger partial charge in [0.15, 0.2) is 0 Å². The van der Waals surface area contributed by atoms with Gasteiger partial charge in [-0.25, -0.2) is 0 Å². The van der Waals surface area contributed by atoms with Crippen LogP contribution in [0.1, 0.15) is 73.6 Å². The first kappa shape index (κ1) is 16.4. The minimum absolute atomic E-state index is 0.0340. The van der Waals surface area contributed by atoms with E-state index >= 15 is 0 Å². The lowest BCUT2D eigenvalue weighted by Gasteiger charge is -2.31. The van der Waals surface area contributed by atoms with Crippen LogP contribution in [0.15, 0.2) is 0 Å². The maximum Gasteiger partial charge on any atom is 0.142 e. The number of hydrogen-bond acceptors (Lipinski definition) is 2. The summed E-state index contributed by atoms with van der Waals surface area (Å²) in [6, 6.07) is 0. The predicted octanol–water partition coefficient (Wildman–Crippen LogP) is 4.41. The number of carbonyl (C=O) groups excluding carboxylic acids is 2. The molecule has 19 heavy (non-hydrogen) atoms. The molecular weight excluding hydrogens is 236 g/mol. The van der Waals surface area contributed by atoms with Gasteiger partial charge in [-0.1, -0.05) is 54.4 Å². The Bertz CT molecular complexity index is 347. The van der Waals surface area contributed by atoms with Gasteiger partial charge in [-0.05, 0) is 19.3 Å². The van der Waals surface area contributed by atoms with Crippen molar-refractivity contribution in [3.05, 3.63) is 0 Å². The molecule has 2 atom stereocenters. The maximum atomic E-state index is 12.7. The third kappa shape index (κ3) is 3.67. The van der Waals surface area contributed by atoms with E-state index in [9.17, 15) is 9.59 Å². The van der Waals surface area contributed by atoms with Gasteiger partial charge in [0.05, 0.1) is 0 Å². The van der Waals surface area contributed by atoms with Crippen LogP contribution in [0.3, 0.4) is 0 Å². The highest BCUT2D eigenvalue weighted by Crippen LogP contribution is 2.41. The molecule has 0 bridgehead atoms. The zero-order valence-electron chi connectivity index (χ0n) is 13.5. The fourth-order valence-electron chi connectivity index (χ4n) is 3.39. The Balaban J connectivity index is 2.88. The van der Waals surface area contributed by atoms with E-state index in [1.165, 1.54) is 0 Å². The van der Waals surface area contributed by atoms with E-state index in [0.717, 1.165) is 32.1 Å². The summed E-state index contributed by atoms with van der Waals surface area (Å²) in [6.07, 6.45) is 4.75. The van der Waals surface area contributed by atoms with E-state index in [4.69, 9.17) is 0 Å². The number of ketones is 2. The average molecular weight is 266 g/mol. The van der Waals surface area contributed by atoms with Crippen LogP contribution < -0.4 is 0 Å². The average Bonchev–Trinajstić information content (AvgIpc) is 2.73. The fraction of sp³-hybridized carbons (Fsp3) is 0.882. The second-order valence-corrected chi connectivity index (χ2v) is 7.76. The molecule has 2 nitrogen and oxygen atoms in total. The van der Waals surface area contributed by atoms with Crippen molar-refractivity contribution in [2.24, 2.45) is 22.7 Å². The van der Waals surface area contributed by atoms with E-state index in [2.05, 4.69) is 6.92 Å². The molecule has 0 heterocycles. The molecule has 2 heteroatoms. The van der Waals surface area contributed by atoms with Crippen LogP contribution in [0, 0.1) is 22.7 Å². The summed E-state index contributed by atoms with van der Waals surface area (Å²) in [6.45, 7) is 12.1.